The third-order valence-corrected chi connectivity index (χ3v) is 7.69. The van der Waals surface area contributed by atoms with Gasteiger partial charge in [0.25, 0.3) is 5.91 Å². The number of para-hydroxylation sites is 2. The van der Waals surface area contributed by atoms with Gasteiger partial charge in [0.1, 0.15) is 16.4 Å². The Balaban J connectivity index is 2.04. The van der Waals surface area contributed by atoms with Crippen LogP contribution in [0.2, 0.25) is 0 Å². The average molecular weight is 418 g/mol. The van der Waals surface area contributed by atoms with E-state index < -0.39 is 20.5 Å². The summed E-state index contributed by atoms with van der Waals surface area (Å²) in [5, 5.41) is 9.27. The van der Waals surface area contributed by atoms with Gasteiger partial charge in [0.05, 0.1) is 0 Å². The highest BCUT2D eigenvalue weighted by Crippen LogP contribution is 2.40. The smallest absolute Gasteiger partial charge is 0.265 e. The van der Waals surface area contributed by atoms with Gasteiger partial charge >= 0.3 is 0 Å². The van der Waals surface area contributed by atoms with Crippen LogP contribution in [0, 0.1) is 0 Å². The molecule has 1 fully saturated rings. The van der Waals surface area contributed by atoms with Crippen molar-refractivity contribution in [1.82, 2.24) is 10.4 Å². The summed E-state index contributed by atoms with van der Waals surface area (Å²) in [4.78, 5) is 25.5. The fraction of sp³-hybridized carbons (Fsp3) is 0.300. The number of sulfone groups is 1. The first-order valence-electron chi connectivity index (χ1n) is 9.08. The Morgan fingerprint density at radius 3 is 2.21 bits per heavy atom. The molecule has 0 aromatic heterocycles. The molecular weight excluding hydrogens is 396 g/mol. The molecule has 29 heavy (non-hydrogen) atoms. The summed E-state index contributed by atoms with van der Waals surface area (Å²) in [6, 6.07) is 14.7. The van der Waals surface area contributed by atoms with Gasteiger partial charge in [0.15, 0.2) is 14.6 Å². The first-order valence-corrected chi connectivity index (χ1v) is 10.6. The number of nitrogens with zero attached hydrogens (tertiary/aromatic N) is 1. The van der Waals surface area contributed by atoms with Crippen LogP contribution >= 0.6 is 0 Å². The number of carbonyl (C=O) groups excluding carboxylic acids is 2. The second-order valence-electron chi connectivity index (χ2n) is 6.81. The van der Waals surface area contributed by atoms with Crippen LogP contribution in [-0.2, 0) is 19.4 Å². The number of amides is 2. The van der Waals surface area contributed by atoms with Gasteiger partial charge in [0.2, 0.25) is 5.91 Å². The van der Waals surface area contributed by atoms with Crippen molar-refractivity contribution < 1.29 is 28.0 Å². The lowest BCUT2D eigenvalue weighted by Gasteiger charge is -2.39. The number of hydrogen-bond donors (Lipinski definition) is 2. The van der Waals surface area contributed by atoms with Crippen molar-refractivity contribution >= 4 is 21.7 Å². The Hall–Kier alpha value is -2.91. The van der Waals surface area contributed by atoms with Gasteiger partial charge in [-0.3, -0.25) is 14.8 Å². The first-order chi connectivity index (χ1) is 13.8. The van der Waals surface area contributed by atoms with E-state index in [1.807, 2.05) is 0 Å². The second kappa shape index (κ2) is 8.22. The van der Waals surface area contributed by atoms with Crippen molar-refractivity contribution in [1.29, 1.82) is 0 Å². The number of hydroxylamine groups is 1. The summed E-state index contributed by atoms with van der Waals surface area (Å²) in [5.41, 5.74) is 1.50. The van der Waals surface area contributed by atoms with E-state index in [2.05, 4.69) is 0 Å². The Bertz CT molecular complexity index is 999. The van der Waals surface area contributed by atoms with Crippen LogP contribution in [0.1, 0.15) is 19.8 Å². The minimum Gasteiger partial charge on any atom is -0.456 e. The molecule has 1 aliphatic heterocycles. The molecular formula is C20H22N2O6S. The van der Waals surface area contributed by atoms with Gasteiger partial charge in [-0.15, -0.1) is 0 Å². The molecule has 0 radical (unpaired) electrons. The summed E-state index contributed by atoms with van der Waals surface area (Å²) in [6.07, 6.45) is -0.276. The van der Waals surface area contributed by atoms with Crippen molar-refractivity contribution in [3.05, 3.63) is 54.6 Å². The minimum atomic E-state index is -4.27. The van der Waals surface area contributed by atoms with Crippen LogP contribution in [0.15, 0.2) is 59.5 Å². The normalized spacial score (nSPS) is 16.1. The van der Waals surface area contributed by atoms with Gasteiger partial charge in [0, 0.05) is 20.0 Å². The van der Waals surface area contributed by atoms with E-state index >= 15 is 0 Å². The molecule has 2 amide bonds. The number of ether oxygens (including phenoxy) is 1. The highest BCUT2D eigenvalue weighted by atomic mass is 32.2. The van der Waals surface area contributed by atoms with E-state index in [0.29, 0.717) is 5.75 Å². The van der Waals surface area contributed by atoms with Crippen molar-refractivity contribution in [2.75, 3.05) is 13.1 Å². The van der Waals surface area contributed by atoms with E-state index in [1.54, 1.807) is 42.5 Å². The Morgan fingerprint density at radius 2 is 1.62 bits per heavy atom. The van der Waals surface area contributed by atoms with Gasteiger partial charge in [-0.2, -0.15) is 0 Å². The van der Waals surface area contributed by atoms with E-state index in [-0.39, 0.29) is 42.5 Å². The fourth-order valence-corrected chi connectivity index (χ4v) is 5.55. The largest absolute Gasteiger partial charge is 0.456 e. The molecule has 8 nitrogen and oxygen atoms in total. The van der Waals surface area contributed by atoms with E-state index in [0.717, 1.165) is 0 Å². The molecule has 1 heterocycles. The zero-order chi connectivity index (χ0) is 21.1. The van der Waals surface area contributed by atoms with Crippen LogP contribution in [0.25, 0.3) is 0 Å². The highest BCUT2D eigenvalue weighted by molar-refractivity contribution is 7.93. The Morgan fingerprint density at radius 1 is 1.03 bits per heavy atom. The summed E-state index contributed by atoms with van der Waals surface area (Å²) >= 11 is 0. The number of benzene rings is 2. The van der Waals surface area contributed by atoms with Gasteiger partial charge < -0.3 is 9.64 Å². The third kappa shape index (κ3) is 3.83. The van der Waals surface area contributed by atoms with Crippen molar-refractivity contribution in [2.45, 2.75) is 29.4 Å². The maximum absolute atomic E-state index is 13.6. The fourth-order valence-electron chi connectivity index (χ4n) is 3.49. The zero-order valence-electron chi connectivity index (χ0n) is 15.9. The molecule has 0 bridgehead atoms. The number of likely N-dealkylation sites (tertiary alicyclic amines) is 1. The third-order valence-electron chi connectivity index (χ3n) is 5.16. The number of piperidine rings is 1. The standard InChI is InChI=1S/C20H22N2O6S/c1-15(23)22-13-11-20(12-14-22,19(24)21-25)29(26,27)18-10-6-5-9-17(18)28-16-7-3-2-4-8-16/h2-10,25H,11-14H2,1H3,(H,21,24). The highest BCUT2D eigenvalue weighted by Gasteiger charge is 2.54. The summed E-state index contributed by atoms with van der Waals surface area (Å²) < 4.78 is 31.1. The summed E-state index contributed by atoms with van der Waals surface area (Å²) in [6.45, 7) is 1.56. The minimum absolute atomic E-state index is 0.0813. The van der Waals surface area contributed by atoms with E-state index in [9.17, 15) is 23.2 Å². The lowest BCUT2D eigenvalue weighted by atomic mass is 9.95. The quantitative estimate of drug-likeness (QED) is 0.568. The topological polar surface area (TPSA) is 113 Å². The molecule has 0 spiro atoms. The number of nitrogens with one attached hydrogen (secondary N) is 1. The van der Waals surface area contributed by atoms with Crippen LogP contribution in [0.4, 0.5) is 0 Å². The molecule has 2 aromatic carbocycles. The Kier molecular flexibility index (Phi) is 5.90. The van der Waals surface area contributed by atoms with Crippen molar-refractivity contribution in [2.24, 2.45) is 0 Å². The maximum atomic E-state index is 13.6. The predicted octanol–water partition coefficient (Wildman–Crippen LogP) is 2.14. The molecule has 1 saturated heterocycles. The molecule has 0 unspecified atom stereocenters. The van der Waals surface area contributed by atoms with Crippen LogP contribution in [-0.4, -0.2) is 48.2 Å². The van der Waals surface area contributed by atoms with Crippen molar-refractivity contribution in [3.63, 3.8) is 0 Å². The van der Waals surface area contributed by atoms with Gasteiger partial charge in [-0.1, -0.05) is 30.3 Å². The molecule has 2 aromatic rings. The summed E-state index contributed by atoms with van der Waals surface area (Å²) in [7, 11) is -4.27. The van der Waals surface area contributed by atoms with Gasteiger partial charge in [-0.25, -0.2) is 13.9 Å². The Labute approximate surface area is 169 Å². The maximum Gasteiger partial charge on any atom is 0.265 e. The lowest BCUT2D eigenvalue weighted by Crippen LogP contribution is -2.58. The molecule has 154 valence electrons. The number of carbonyl (C=O) groups is 2. The summed E-state index contributed by atoms with van der Waals surface area (Å²) in [5.74, 6) is -0.691. The lowest BCUT2D eigenvalue weighted by molar-refractivity contribution is -0.136. The molecule has 9 heteroatoms. The molecule has 1 aliphatic rings. The van der Waals surface area contributed by atoms with Crippen LogP contribution in [0.5, 0.6) is 11.5 Å². The monoisotopic (exact) mass is 418 g/mol. The average Bonchev–Trinajstić information content (AvgIpc) is 2.74. The first kappa shape index (κ1) is 20.8. The van der Waals surface area contributed by atoms with Crippen molar-refractivity contribution in [3.8, 4) is 11.5 Å². The zero-order valence-corrected chi connectivity index (χ0v) is 16.7. The number of hydrogen-bond acceptors (Lipinski definition) is 6. The van der Waals surface area contributed by atoms with E-state index in [1.165, 1.54) is 29.4 Å². The van der Waals surface area contributed by atoms with Crippen LogP contribution < -0.4 is 10.2 Å². The SMILES string of the molecule is CC(=O)N1CCC(C(=O)NO)(S(=O)(=O)c2ccccc2Oc2ccccc2)CC1. The molecule has 3 rings (SSSR count). The molecule has 0 saturated carbocycles. The molecule has 0 aliphatic carbocycles. The predicted molar refractivity (Wildman–Crippen MR) is 104 cm³/mol. The molecule has 2 N–H and O–H groups in total. The van der Waals surface area contributed by atoms with Crippen LogP contribution in [0.3, 0.4) is 0 Å². The van der Waals surface area contributed by atoms with Gasteiger partial charge in [-0.05, 0) is 37.1 Å². The molecule has 0 atom stereocenters. The van der Waals surface area contributed by atoms with E-state index in [4.69, 9.17) is 4.74 Å². The number of rotatable bonds is 5. The second-order valence-corrected chi connectivity index (χ2v) is 9.03.